The molecule has 0 bridgehead atoms. The first-order valence-corrected chi connectivity index (χ1v) is 13.4. The number of hydrogen-bond acceptors (Lipinski definition) is 7. The number of halogens is 2. The Morgan fingerprint density at radius 1 is 1.12 bits per heavy atom. The number of nitrogens with zero attached hydrogens (tertiary/aromatic N) is 3. The molecule has 2 amide bonds. The topological polar surface area (TPSA) is 98.3 Å². The number of alkyl halides is 2. The summed E-state index contributed by atoms with van der Waals surface area (Å²) in [5.74, 6) is -0.774. The average Bonchev–Trinajstić information content (AvgIpc) is 3.64. The summed E-state index contributed by atoms with van der Waals surface area (Å²) in [6.45, 7) is 2.70. The molecule has 0 N–H and O–H groups in total. The first-order chi connectivity index (χ1) is 19.0. The zero-order valence-electron chi connectivity index (χ0n) is 23.1. The predicted molar refractivity (Wildman–Crippen MR) is 141 cm³/mol. The molecule has 1 aromatic heterocycles. The summed E-state index contributed by atoms with van der Waals surface area (Å²) in [6, 6.07) is 8.85. The van der Waals surface area contributed by atoms with Crippen molar-refractivity contribution in [2.45, 2.75) is 71.3 Å². The Hall–Kier alpha value is -3.76. The van der Waals surface area contributed by atoms with Gasteiger partial charge in [0.1, 0.15) is 18.3 Å². The van der Waals surface area contributed by atoms with E-state index in [0.717, 1.165) is 18.4 Å². The van der Waals surface area contributed by atoms with Gasteiger partial charge in [0.05, 0.1) is 12.3 Å². The number of benzene rings is 1. The van der Waals surface area contributed by atoms with Crippen molar-refractivity contribution in [1.29, 1.82) is 0 Å². The van der Waals surface area contributed by atoms with E-state index in [4.69, 9.17) is 9.47 Å². The van der Waals surface area contributed by atoms with Gasteiger partial charge >= 0.3 is 12.6 Å². The van der Waals surface area contributed by atoms with Crippen LogP contribution >= 0.6 is 0 Å². The lowest BCUT2D eigenvalue weighted by Gasteiger charge is -2.22. The second kappa shape index (κ2) is 12.6. The molecule has 9 nitrogen and oxygen atoms in total. The molecule has 1 aliphatic carbocycles. The summed E-state index contributed by atoms with van der Waals surface area (Å²) in [4.78, 5) is 45.5. The second-order valence-electron chi connectivity index (χ2n) is 10.6. The van der Waals surface area contributed by atoms with Gasteiger partial charge in [-0.3, -0.25) is 9.59 Å². The predicted octanol–water partition coefficient (Wildman–Crippen LogP) is 4.40. The van der Waals surface area contributed by atoms with Gasteiger partial charge in [-0.1, -0.05) is 12.1 Å². The number of amides is 2. The maximum absolute atomic E-state index is 13.1. The van der Waals surface area contributed by atoms with Gasteiger partial charge in [-0.05, 0) is 68.9 Å². The smallest absolute Gasteiger partial charge is 0.387 e. The standard InChI is InChI=1S/C29H35F2N3O6/c1-17(2)33(4)27(36)23-7-5-6-22(32-23)16-39-28(37)24-12-21(14-34(24)18(3)35)20-10-11-25(40-29(30)31)26(13-20)38-15-19-8-9-19/h5-7,10-11,13,17,19,21,24,29H,8-9,12,14-16H2,1-4H3/t21?,24-/m1/s1. The number of carbonyl (C=O) groups is 3. The van der Waals surface area contributed by atoms with E-state index in [9.17, 15) is 23.2 Å². The van der Waals surface area contributed by atoms with Gasteiger partial charge in [0, 0.05) is 32.5 Å². The van der Waals surface area contributed by atoms with Crippen LogP contribution in [-0.2, 0) is 20.9 Å². The molecule has 0 spiro atoms. The van der Waals surface area contributed by atoms with Gasteiger partial charge in [0.15, 0.2) is 11.5 Å². The van der Waals surface area contributed by atoms with Crippen LogP contribution in [-0.4, -0.2) is 71.5 Å². The Labute approximate surface area is 232 Å². The lowest BCUT2D eigenvalue weighted by Crippen LogP contribution is -2.40. The minimum Gasteiger partial charge on any atom is -0.489 e. The number of likely N-dealkylation sites (tertiary alicyclic amines) is 1. The molecule has 2 aromatic rings. The van der Waals surface area contributed by atoms with Crippen molar-refractivity contribution in [2.24, 2.45) is 5.92 Å². The molecule has 2 atom stereocenters. The quantitative estimate of drug-likeness (QED) is 0.377. The molecular weight excluding hydrogens is 524 g/mol. The Bertz CT molecular complexity index is 1240. The Morgan fingerprint density at radius 2 is 1.88 bits per heavy atom. The average molecular weight is 560 g/mol. The third-order valence-corrected chi connectivity index (χ3v) is 7.29. The summed E-state index contributed by atoms with van der Waals surface area (Å²) in [5, 5.41) is 0. The number of rotatable bonds is 11. The van der Waals surface area contributed by atoms with E-state index >= 15 is 0 Å². The van der Waals surface area contributed by atoms with Gasteiger partial charge in [0.2, 0.25) is 5.91 Å². The van der Waals surface area contributed by atoms with Gasteiger partial charge in [-0.2, -0.15) is 8.78 Å². The van der Waals surface area contributed by atoms with Crippen molar-refractivity contribution < 1.29 is 37.4 Å². The molecule has 1 aliphatic heterocycles. The molecule has 216 valence electrons. The Kier molecular flexibility index (Phi) is 9.21. The fourth-order valence-corrected chi connectivity index (χ4v) is 4.56. The monoisotopic (exact) mass is 559 g/mol. The van der Waals surface area contributed by atoms with Crippen molar-refractivity contribution in [3.63, 3.8) is 0 Å². The molecular formula is C29H35F2N3O6. The van der Waals surface area contributed by atoms with Crippen molar-refractivity contribution in [3.8, 4) is 11.5 Å². The minimum absolute atomic E-state index is 0.00228. The highest BCUT2D eigenvalue weighted by Gasteiger charge is 2.40. The highest BCUT2D eigenvalue weighted by atomic mass is 19.3. The van der Waals surface area contributed by atoms with Crippen molar-refractivity contribution in [1.82, 2.24) is 14.8 Å². The summed E-state index contributed by atoms with van der Waals surface area (Å²) in [5.41, 5.74) is 1.40. The number of aromatic nitrogens is 1. The molecule has 0 radical (unpaired) electrons. The lowest BCUT2D eigenvalue weighted by atomic mass is 9.96. The van der Waals surface area contributed by atoms with Crippen molar-refractivity contribution >= 4 is 17.8 Å². The van der Waals surface area contributed by atoms with Gasteiger partial charge in [-0.25, -0.2) is 9.78 Å². The summed E-state index contributed by atoms with van der Waals surface area (Å²) in [6.07, 6.45) is 2.37. The summed E-state index contributed by atoms with van der Waals surface area (Å²) < 4.78 is 41.8. The van der Waals surface area contributed by atoms with Crippen LogP contribution in [0.5, 0.6) is 11.5 Å². The van der Waals surface area contributed by atoms with E-state index in [2.05, 4.69) is 9.72 Å². The van der Waals surface area contributed by atoms with Crippen LogP contribution in [0.15, 0.2) is 36.4 Å². The van der Waals surface area contributed by atoms with Crippen LogP contribution in [0, 0.1) is 5.92 Å². The molecule has 11 heteroatoms. The molecule has 1 saturated carbocycles. The largest absolute Gasteiger partial charge is 0.489 e. The van der Waals surface area contributed by atoms with E-state index in [1.165, 1.54) is 17.9 Å². The van der Waals surface area contributed by atoms with Crippen molar-refractivity contribution in [3.05, 3.63) is 53.3 Å². The van der Waals surface area contributed by atoms with Gasteiger partial charge < -0.3 is 24.0 Å². The summed E-state index contributed by atoms with van der Waals surface area (Å²) >= 11 is 0. The van der Waals surface area contributed by atoms with E-state index in [1.807, 2.05) is 13.8 Å². The van der Waals surface area contributed by atoms with E-state index in [0.29, 0.717) is 24.6 Å². The maximum atomic E-state index is 13.1. The Morgan fingerprint density at radius 3 is 2.52 bits per heavy atom. The summed E-state index contributed by atoms with van der Waals surface area (Å²) in [7, 11) is 1.69. The zero-order chi connectivity index (χ0) is 29.0. The number of pyridine rings is 1. The van der Waals surface area contributed by atoms with E-state index < -0.39 is 18.6 Å². The highest BCUT2D eigenvalue weighted by molar-refractivity contribution is 5.92. The zero-order valence-corrected chi connectivity index (χ0v) is 23.1. The normalized spacial score (nSPS) is 18.6. The SMILES string of the molecule is CC(=O)N1CC(c2ccc(OC(F)F)c(OCC3CC3)c2)C[C@@H]1C(=O)OCc1cccc(C(=O)N(C)C(C)C)n1. The molecule has 1 unspecified atom stereocenters. The number of esters is 1. The van der Waals surface area contributed by atoms with E-state index in [1.54, 1.807) is 42.3 Å². The minimum atomic E-state index is -2.99. The number of carbonyl (C=O) groups excluding carboxylic acids is 3. The second-order valence-corrected chi connectivity index (χ2v) is 10.6. The van der Waals surface area contributed by atoms with Crippen LogP contribution in [0.1, 0.15) is 67.7 Å². The van der Waals surface area contributed by atoms with Crippen LogP contribution in [0.25, 0.3) is 0 Å². The van der Waals surface area contributed by atoms with Crippen LogP contribution in [0.3, 0.4) is 0 Å². The van der Waals surface area contributed by atoms with Gasteiger partial charge in [0.25, 0.3) is 5.91 Å². The third-order valence-electron chi connectivity index (χ3n) is 7.29. The van der Waals surface area contributed by atoms with Crippen LogP contribution in [0.4, 0.5) is 8.78 Å². The van der Waals surface area contributed by atoms with Crippen molar-refractivity contribution in [2.75, 3.05) is 20.2 Å². The molecule has 2 fully saturated rings. The molecule has 1 saturated heterocycles. The first-order valence-electron chi connectivity index (χ1n) is 13.4. The van der Waals surface area contributed by atoms with E-state index in [-0.39, 0.29) is 54.1 Å². The van der Waals surface area contributed by atoms with Crippen LogP contribution < -0.4 is 9.47 Å². The molecule has 40 heavy (non-hydrogen) atoms. The molecule has 2 heterocycles. The fourth-order valence-electron chi connectivity index (χ4n) is 4.56. The number of hydrogen-bond donors (Lipinski definition) is 0. The van der Waals surface area contributed by atoms with Crippen LogP contribution in [0.2, 0.25) is 0 Å². The fraction of sp³-hybridized carbons (Fsp3) is 0.517. The third kappa shape index (κ3) is 7.25. The maximum Gasteiger partial charge on any atom is 0.387 e. The molecule has 2 aliphatic rings. The number of ether oxygens (including phenoxy) is 3. The highest BCUT2D eigenvalue weighted by Crippen LogP contribution is 2.39. The Balaban J connectivity index is 1.44. The molecule has 4 rings (SSSR count). The first kappa shape index (κ1) is 29.2. The lowest BCUT2D eigenvalue weighted by molar-refractivity contribution is -0.154. The molecule has 1 aromatic carbocycles. The van der Waals surface area contributed by atoms with Gasteiger partial charge in [-0.15, -0.1) is 0 Å².